The minimum atomic E-state index is -4.74. The molecule has 0 unspecified atom stereocenters. The lowest BCUT2D eigenvalue weighted by atomic mass is 10.1. The van der Waals surface area contributed by atoms with Gasteiger partial charge in [-0.3, -0.25) is 14.9 Å². The molecule has 9 nitrogen and oxygen atoms in total. The summed E-state index contributed by atoms with van der Waals surface area (Å²) in [7, 11) is 0. The molecule has 4 aromatic rings. The Morgan fingerprint density at radius 3 is 2.53 bits per heavy atom. The van der Waals surface area contributed by atoms with Crippen LogP contribution < -0.4 is 10.1 Å². The smallest absolute Gasteiger partial charge is 0.433 e. The number of hydrogen-bond acceptors (Lipinski definition) is 6. The van der Waals surface area contributed by atoms with E-state index in [-0.39, 0.29) is 38.6 Å². The van der Waals surface area contributed by atoms with Crippen molar-refractivity contribution < 1.29 is 27.6 Å². The monoisotopic (exact) mass is 563 g/mol. The molecule has 2 aromatic heterocycles. The molecule has 2 heterocycles. The Balaban J connectivity index is 1.72. The maximum absolute atomic E-state index is 13.5. The van der Waals surface area contributed by atoms with E-state index in [1.807, 2.05) is 19.1 Å². The van der Waals surface area contributed by atoms with Crippen molar-refractivity contribution in [3.8, 4) is 11.5 Å². The molecule has 1 amide bonds. The van der Waals surface area contributed by atoms with Crippen molar-refractivity contribution in [1.82, 2.24) is 14.6 Å². The number of amides is 1. The summed E-state index contributed by atoms with van der Waals surface area (Å²) >= 11 is 3.11. The van der Waals surface area contributed by atoms with Crippen LogP contribution in [0.4, 0.5) is 24.5 Å². The number of halogens is 4. The molecule has 13 heteroatoms. The maximum Gasteiger partial charge on any atom is 0.433 e. The van der Waals surface area contributed by atoms with Crippen molar-refractivity contribution in [3.05, 3.63) is 85.3 Å². The number of alkyl halides is 3. The largest absolute Gasteiger partial charge is 0.457 e. The third-order valence-corrected chi connectivity index (χ3v) is 5.83. The fourth-order valence-corrected chi connectivity index (χ4v) is 3.93. The van der Waals surface area contributed by atoms with E-state index in [0.29, 0.717) is 10.3 Å². The Hall–Kier alpha value is -4.00. The second-order valence-corrected chi connectivity index (χ2v) is 8.77. The molecular weight excluding hydrogens is 547 g/mol. The molecule has 186 valence electrons. The predicted molar refractivity (Wildman–Crippen MR) is 127 cm³/mol. The Kier molecular flexibility index (Phi) is 6.43. The van der Waals surface area contributed by atoms with Gasteiger partial charge in [-0.1, -0.05) is 12.1 Å². The summed E-state index contributed by atoms with van der Waals surface area (Å²) < 4.78 is 46.8. The minimum Gasteiger partial charge on any atom is -0.457 e. The second kappa shape index (κ2) is 9.22. The lowest BCUT2D eigenvalue weighted by Gasteiger charge is -2.11. The molecule has 0 aliphatic carbocycles. The number of rotatable bonds is 5. The Bertz CT molecular complexity index is 1530. The van der Waals surface area contributed by atoms with Crippen LogP contribution in [0.25, 0.3) is 5.65 Å². The molecule has 0 saturated heterocycles. The highest BCUT2D eigenvalue weighted by Gasteiger charge is 2.36. The van der Waals surface area contributed by atoms with E-state index in [1.165, 1.54) is 19.1 Å². The average molecular weight is 564 g/mol. The third-order valence-electron chi connectivity index (χ3n) is 5.10. The molecule has 0 radical (unpaired) electrons. The van der Waals surface area contributed by atoms with E-state index in [2.05, 4.69) is 31.3 Å². The maximum atomic E-state index is 13.5. The number of nitro benzene ring substituents is 1. The number of nitro groups is 1. The molecule has 1 N–H and O–H groups in total. The molecule has 2 aromatic carbocycles. The number of carbonyl (C=O) groups is 1. The van der Waals surface area contributed by atoms with Gasteiger partial charge >= 0.3 is 6.18 Å². The summed E-state index contributed by atoms with van der Waals surface area (Å²) in [6.07, 6.45) is -4.74. The SMILES string of the molecule is Cc1ccc(C)c(Oc2cc(NC(=O)c3nn4c(C(F)(F)F)cc(C)nc4c3Br)cc([N+](=O)[O-])c2)c1. The van der Waals surface area contributed by atoms with Crippen LogP contribution >= 0.6 is 15.9 Å². The summed E-state index contributed by atoms with van der Waals surface area (Å²) in [6.45, 7) is 5.05. The highest BCUT2D eigenvalue weighted by atomic mass is 79.9. The zero-order valence-electron chi connectivity index (χ0n) is 19.0. The average Bonchev–Trinajstić information content (AvgIpc) is 3.11. The van der Waals surface area contributed by atoms with Crippen LogP contribution in [0.1, 0.15) is 33.0 Å². The summed E-state index contributed by atoms with van der Waals surface area (Å²) in [5, 5.41) is 17.7. The first-order chi connectivity index (χ1) is 16.8. The van der Waals surface area contributed by atoms with E-state index in [1.54, 1.807) is 13.0 Å². The van der Waals surface area contributed by atoms with E-state index >= 15 is 0 Å². The number of aromatic nitrogens is 3. The van der Waals surface area contributed by atoms with Gasteiger partial charge in [0.25, 0.3) is 11.6 Å². The number of hydrogen-bond donors (Lipinski definition) is 1. The summed E-state index contributed by atoms with van der Waals surface area (Å²) in [5.41, 5.74) is -0.299. The molecule has 0 aliphatic rings. The summed E-state index contributed by atoms with van der Waals surface area (Å²) in [6, 6.07) is 9.94. The predicted octanol–water partition coefficient (Wildman–Crippen LogP) is 6.39. The topological polar surface area (TPSA) is 112 Å². The van der Waals surface area contributed by atoms with Crippen molar-refractivity contribution in [2.75, 3.05) is 5.32 Å². The molecule has 0 atom stereocenters. The first kappa shape index (κ1) is 25.1. The number of nitrogens with zero attached hydrogens (tertiary/aromatic N) is 4. The lowest BCUT2D eigenvalue weighted by molar-refractivity contribution is -0.384. The van der Waals surface area contributed by atoms with Gasteiger partial charge in [0.2, 0.25) is 0 Å². The van der Waals surface area contributed by atoms with Crippen LogP contribution in [0.2, 0.25) is 0 Å². The second-order valence-electron chi connectivity index (χ2n) is 7.98. The number of ether oxygens (including phenoxy) is 1. The van der Waals surface area contributed by atoms with Crippen LogP contribution in [0, 0.1) is 30.9 Å². The normalized spacial score (nSPS) is 11.5. The Labute approximate surface area is 210 Å². The van der Waals surface area contributed by atoms with Crippen molar-refractivity contribution >= 4 is 38.9 Å². The minimum absolute atomic E-state index is 0.0151. The van der Waals surface area contributed by atoms with Gasteiger partial charge in [-0.05, 0) is 60.0 Å². The van der Waals surface area contributed by atoms with Gasteiger partial charge in [-0.2, -0.15) is 18.3 Å². The number of non-ortho nitro benzene ring substituents is 1. The van der Waals surface area contributed by atoms with Crippen molar-refractivity contribution in [2.45, 2.75) is 26.9 Å². The van der Waals surface area contributed by atoms with Crippen LogP contribution in [0.15, 0.2) is 46.9 Å². The molecule has 4 rings (SSSR count). The van der Waals surface area contributed by atoms with Gasteiger partial charge in [0.1, 0.15) is 17.2 Å². The fraction of sp³-hybridized carbons (Fsp3) is 0.174. The van der Waals surface area contributed by atoms with Gasteiger partial charge in [0.15, 0.2) is 11.3 Å². The highest BCUT2D eigenvalue weighted by molar-refractivity contribution is 9.10. The summed E-state index contributed by atoms with van der Waals surface area (Å²) in [5.74, 6) is -0.354. The molecule has 0 aliphatic heterocycles. The molecule has 0 spiro atoms. The van der Waals surface area contributed by atoms with Gasteiger partial charge in [-0.15, -0.1) is 0 Å². The summed E-state index contributed by atoms with van der Waals surface area (Å²) in [4.78, 5) is 27.8. The van der Waals surface area contributed by atoms with E-state index in [9.17, 15) is 28.1 Å². The third kappa shape index (κ3) is 5.00. The Morgan fingerprint density at radius 1 is 1.14 bits per heavy atom. The molecule has 0 saturated carbocycles. The van der Waals surface area contributed by atoms with Gasteiger partial charge in [0, 0.05) is 17.8 Å². The van der Waals surface area contributed by atoms with Crippen molar-refractivity contribution in [2.24, 2.45) is 0 Å². The quantitative estimate of drug-likeness (QED) is 0.222. The van der Waals surface area contributed by atoms with Gasteiger partial charge < -0.3 is 10.1 Å². The molecular formula is C23H17BrF3N5O4. The first-order valence-electron chi connectivity index (χ1n) is 10.3. The van der Waals surface area contributed by atoms with Crippen LogP contribution in [-0.4, -0.2) is 25.4 Å². The number of aryl methyl sites for hydroxylation is 3. The van der Waals surface area contributed by atoms with Crippen LogP contribution in [-0.2, 0) is 6.18 Å². The highest BCUT2D eigenvalue weighted by Crippen LogP contribution is 2.34. The van der Waals surface area contributed by atoms with E-state index in [0.717, 1.165) is 23.3 Å². The van der Waals surface area contributed by atoms with Crippen LogP contribution in [0.5, 0.6) is 11.5 Å². The van der Waals surface area contributed by atoms with Gasteiger partial charge in [-0.25, -0.2) is 9.50 Å². The standard InChI is InChI=1S/C23H17BrF3N5O4/c1-11-4-5-12(2)17(6-11)36-16-9-14(8-15(10-16)32(34)35)29-22(33)20-19(24)21-28-13(3)7-18(23(25,26)27)31(21)30-20/h4-10H,1-3H3,(H,29,33). The Morgan fingerprint density at radius 2 is 1.86 bits per heavy atom. The van der Waals surface area contributed by atoms with Crippen molar-refractivity contribution in [1.29, 1.82) is 0 Å². The molecule has 36 heavy (non-hydrogen) atoms. The first-order valence-corrected chi connectivity index (χ1v) is 11.1. The number of nitrogens with one attached hydrogen (secondary N) is 1. The number of anilines is 1. The van der Waals surface area contributed by atoms with E-state index in [4.69, 9.17) is 4.74 Å². The lowest BCUT2D eigenvalue weighted by Crippen LogP contribution is -2.16. The number of fused-ring (bicyclic) bond motifs is 1. The molecule has 0 bridgehead atoms. The van der Waals surface area contributed by atoms with Crippen LogP contribution in [0.3, 0.4) is 0 Å². The number of benzene rings is 2. The van der Waals surface area contributed by atoms with Gasteiger partial charge in [0.05, 0.1) is 21.1 Å². The zero-order valence-corrected chi connectivity index (χ0v) is 20.6. The molecule has 0 fully saturated rings. The zero-order chi connectivity index (χ0) is 26.4. The fourth-order valence-electron chi connectivity index (χ4n) is 3.41. The van der Waals surface area contributed by atoms with Crippen molar-refractivity contribution in [3.63, 3.8) is 0 Å². The van der Waals surface area contributed by atoms with E-state index < -0.39 is 22.7 Å². The number of carbonyl (C=O) groups excluding carboxylic acids is 1.